The second kappa shape index (κ2) is 6.91. The number of nitrogens with zero attached hydrogens (tertiary/aromatic N) is 3. The maximum absolute atomic E-state index is 12.1. The van der Waals surface area contributed by atoms with Crippen LogP contribution >= 0.6 is 0 Å². The minimum absolute atomic E-state index is 0.146. The van der Waals surface area contributed by atoms with Crippen LogP contribution in [0.1, 0.15) is 23.4 Å². The highest BCUT2D eigenvalue weighted by Crippen LogP contribution is 2.20. The van der Waals surface area contributed by atoms with E-state index >= 15 is 0 Å². The van der Waals surface area contributed by atoms with Crippen LogP contribution < -0.4 is 15.8 Å². The van der Waals surface area contributed by atoms with Gasteiger partial charge in [0, 0.05) is 31.4 Å². The van der Waals surface area contributed by atoms with Gasteiger partial charge in [0.05, 0.1) is 6.26 Å². The number of piperidine rings is 1. The molecule has 1 saturated heterocycles. The summed E-state index contributed by atoms with van der Waals surface area (Å²) in [7, 11) is 0. The van der Waals surface area contributed by atoms with Crippen LogP contribution in [-0.2, 0) is 4.79 Å². The fraction of sp³-hybridized carbons (Fsp3) is 0.333. The lowest BCUT2D eigenvalue weighted by molar-refractivity contribution is -0.126. The van der Waals surface area contributed by atoms with Crippen molar-refractivity contribution in [2.75, 3.05) is 18.0 Å². The van der Waals surface area contributed by atoms with Crippen LogP contribution in [0.5, 0.6) is 0 Å². The van der Waals surface area contributed by atoms with Gasteiger partial charge in [-0.25, -0.2) is 9.97 Å². The molecule has 0 radical (unpaired) electrons. The van der Waals surface area contributed by atoms with Gasteiger partial charge < -0.3 is 9.32 Å². The molecule has 8 nitrogen and oxygen atoms in total. The number of rotatable bonds is 3. The molecule has 120 valence electrons. The van der Waals surface area contributed by atoms with Crippen molar-refractivity contribution in [3.8, 4) is 0 Å². The second-order valence-electron chi connectivity index (χ2n) is 5.23. The van der Waals surface area contributed by atoms with Gasteiger partial charge in [-0.1, -0.05) is 0 Å². The Bertz CT molecular complexity index is 651. The van der Waals surface area contributed by atoms with Crippen molar-refractivity contribution >= 4 is 17.8 Å². The van der Waals surface area contributed by atoms with E-state index in [1.54, 1.807) is 24.5 Å². The van der Waals surface area contributed by atoms with Crippen molar-refractivity contribution < 1.29 is 14.0 Å². The zero-order valence-electron chi connectivity index (χ0n) is 12.4. The topological polar surface area (TPSA) is 100 Å². The third-order valence-corrected chi connectivity index (χ3v) is 3.74. The van der Waals surface area contributed by atoms with Gasteiger partial charge in [-0.2, -0.15) is 0 Å². The van der Waals surface area contributed by atoms with Crippen molar-refractivity contribution in [3.63, 3.8) is 0 Å². The molecule has 0 spiro atoms. The number of hydrogen-bond donors (Lipinski definition) is 2. The number of hydrogen-bond acceptors (Lipinski definition) is 6. The molecule has 3 rings (SSSR count). The number of furan rings is 1. The van der Waals surface area contributed by atoms with E-state index in [9.17, 15) is 9.59 Å². The molecule has 0 aliphatic carbocycles. The zero-order chi connectivity index (χ0) is 16.1. The van der Waals surface area contributed by atoms with Crippen LogP contribution in [0.25, 0.3) is 0 Å². The molecule has 2 aromatic rings. The van der Waals surface area contributed by atoms with E-state index in [-0.39, 0.29) is 17.6 Å². The van der Waals surface area contributed by atoms with Gasteiger partial charge in [-0.3, -0.25) is 20.4 Å². The lowest BCUT2D eigenvalue weighted by Gasteiger charge is -2.31. The molecule has 0 aromatic carbocycles. The lowest BCUT2D eigenvalue weighted by atomic mass is 9.96. The van der Waals surface area contributed by atoms with Gasteiger partial charge in [0.2, 0.25) is 11.9 Å². The number of hydrazine groups is 1. The highest BCUT2D eigenvalue weighted by atomic mass is 16.3. The largest absolute Gasteiger partial charge is 0.459 e. The van der Waals surface area contributed by atoms with E-state index in [1.165, 1.54) is 12.3 Å². The molecule has 1 aliphatic heterocycles. The number of anilines is 1. The molecule has 2 amide bonds. The molecule has 0 bridgehead atoms. The highest BCUT2D eigenvalue weighted by Gasteiger charge is 2.26. The van der Waals surface area contributed by atoms with Crippen LogP contribution in [-0.4, -0.2) is 34.9 Å². The number of aromatic nitrogens is 2. The van der Waals surface area contributed by atoms with E-state index in [1.807, 2.05) is 4.90 Å². The Balaban J connectivity index is 1.46. The van der Waals surface area contributed by atoms with Crippen molar-refractivity contribution in [1.29, 1.82) is 0 Å². The fourth-order valence-corrected chi connectivity index (χ4v) is 2.49. The molecule has 2 aromatic heterocycles. The van der Waals surface area contributed by atoms with Gasteiger partial charge in [0.25, 0.3) is 0 Å². The van der Waals surface area contributed by atoms with E-state index in [0.29, 0.717) is 31.9 Å². The van der Waals surface area contributed by atoms with E-state index in [2.05, 4.69) is 20.8 Å². The summed E-state index contributed by atoms with van der Waals surface area (Å²) in [5.41, 5.74) is 4.80. The minimum atomic E-state index is -0.474. The van der Waals surface area contributed by atoms with E-state index < -0.39 is 5.91 Å². The Morgan fingerprint density at radius 1 is 1.13 bits per heavy atom. The van der Waals surface area contributed by atoms with Crippen LogP contribution in [0.15, 0.2) is 41.3 Å². The molecular formula is C15H17N5O3. The fourth-order valence-electron chi connectivity index (χ4n) is 2.49. The third kappa shape index (κ3) is 3.65. The Morgan fingerprint density at radius 2 is 1.87 bits per heavy atom. The summed E-state index contributed by atoms with van der Waals surface area (Å²) in [4.78, 5) is 34.3. The molecular weight excluding hydrogens is 298 g/mol. The maximum Gasteiger partial charge on any atom is 0.305 e. The molecule has 3 heterocycles. The summed E-state index contributed by atoms with van der Waals surface area (Å²) in [5.74, 6) is 0.0164. The first-order valence-corrected chi connectivity index (χ1v) is 7.39. The minimum Gasteiger partial charge on any atom is -0.459 e. The SMILES string of the molecule is O=C(NNC(=O)C1CCN(c2ncccn2)CC1)c1ccco1. The summed E-state index contributed by atoms with van der Waals surface area (Å²) >= 11 is 0. The summed E-state index contributed by atoms with van der Waals surface area (Å²) in [6.45, 7) is 1.41. The maximum atomic E-state index is 12.1. The van der Waals surface area contributed by atoms with Crippen molar-refractivity contribution in [2.45, 2.75) is 12.8 Å². The molecule has 23 heavy (non-hydrogen) atoms. The number of carbonyl (C=O) groups is 2. The summed E-state index contributed by atoms with van der Waals surface area (Å²) in [6.07, 6.45) is 6.16. The van der Waals surface area contributed by atoms with Gasteiger partial charge in [-0.15, -0.1) is 0 Å². The van der Waals surface area contributed by atoms with E-state index in [4.69, 9.17) is 4.42 Å². The molecule has 1 aliphatic rings. The van der Waals surface area contributed by atoms with Crippen LogP contribution in [0, 0.1) is 5.92 Å². The van der Waals surface area contributed by atoms with Crippen molar-refractivity contribution in [1.82, 2.24) is 20.8 Å². The Kier molecular flexibility index (Phi) is 4.51. The van der Waals surface area contributed by atoms with Gasteiger partial charge in [0.1, 0.15) is 0 Å². The van der Waals surface area contributed by atoms with Crippen LogP contribution in [0.4, 0.5) is 5.95 Å². The highest BCUT2D eigenvalue weighted by molar-refractivity contribution is 5.93. The summed E-state index contributed by atoms with van der Waals surface area (Å²) < 4.78 is 4.95. The normalized spacial score (nSPS) is 15.2. The first kappa shape index (κ1) is 15.0. The molecule has 0 atom stereocenters. The van der Waals surface area contributed by atoms with Gasteiger partial charge in [0.15, 0.2) is 5.76 Å². The first-order chi connectivity index (χ1) is 11.2. The first-order valence-electron chi connectivity index (χ1n) is 7.39. The van der Waals surface area contributed by atoms with Crippen LogP contribution in [0.3, 0.4) is 0 Å². The van der Waals surface area contributed by atoms with Crippen LogP contribution in [0.2, 0.25) is 0 Å². The van der Waals surface area contributed by atoms with Gasteiger partial charge >= 0.3 is 5.91 Å². The predicted octanol–water partition coefficient (Wildman–Crippen LogP) is 0.747. The van der Waals surface area contributed by atoms with Crippen molar-refractivity contribution in [3.05, 3.63) is 42.6 Å². The van der Waals surface area contributed by atoms with Crippen molar-refractivity contribution in [2.24, 2.45) is 5.92 Å². The monoisotopic (exact) mass is 315 g/mol. The number of carbonyl (C=O) groups excluding carboxylic acids is 2. The Hall–Kier alpha value is -2.90. The molecule has 0 saturated carbocycles. The quantitative estimate of drug-likeness (QED) is 0.811. The Labute approximate surface area is 132 Å². The van der Waals surface area contributed by atoms with E-state index in [0.717, 1.165) is 0 Å². The third-order valence-electron chi connectivity index (χ3n) is 3.74. The number of amides is 2. The average Bonchev–Trinajstić information content (AvgIpc) is 3.15. The predicted molar refractivity (Wildman–Crippen MR) is 81.3 cm³/mol. The van der Waals surface area contributed by atoms with Gasteiger partial charge in [-0.05, 0) is 31.0 Å². The smallest absolute Gasteiger partial charge is 0.305 e. The molecule has 2 N–H and O–H groups in total. The molecule has 1 fully saturated rings. The summed E-state index contributed by atoms with van der Waals surface area (Å²) in [6, 6.07) is 4.91. The zero-order valence-corrected chi connectivity index (χ0v) is 12.4. The lowest BCUT2D eigenvalue weighted by Crippen LogP contribution is -2.47. The standard InChI is InChI=1S/C15H17N5O3/c21-13(18-19-14(22)12-3-1-10-23-12)11-4-8-20(9-5-11)15-16-6-2-7-17-15/h1-3,6-7,10-11H,4-5,8-9H2,(H,18,21)(H,19,22). The molecule has 8 heteroatoms. The number of nitrogens with one attached hydrogen (secondary N) is 2. The average molecular weight is 315 g/mol. The second-order valence-corrected chi connectivity index (χ2v) is 5.23. The molecule has 0 unspecified atom stereocenters. The summed E-state index contributed by atoms with van der Waals surface area (Å²) in [5, 5.41) is 0. The Morgan fingerprint density at radius 3 is 2.52 bits per heavy atom.